The fraction of sp³-hybridized carbons (Fsp3) is 0.353. The summed E-state index contributed by atoms with van der Waals surface area (Å²) >= 11 is 3.46. The van der Waals surface area contributed by atoms with Crippen LogP contribution in [-0.2, 0) is 11.2 Å². The lowest BCUT2D eigenvalue weighted by Crippen LogP contribution is -2.80. The molecule has 3 nitrogen and oxygen atoms in total. The predicted molar refractivity (Wildman–Crippen MR) is 86.1 cm³/mol. The van der Waals surface area contributed by atoms with Crippen molar-refractivity contribution < 1.29 is 9.90 Å². The van der Waals surface area contributed by atoms with Crippen molar-refractivity contribution in [2.75, 3.05) is 0 Å². The third kappa shape index (κ3) is 2.17. The first-order valence-electron chi connectivity index (χ1n) is 7.09. The van der Waals surface area contributed by atoms with Gasteiger partial charge < -0.3 is 5.11 Å². The van der Waals surface area contributed by atoms with E-state index in [1.165, 1.54) is 0 Å². The number of carboxylic acids is 1. The molecule has 1 saturated heterocycles. The molecule has 0 bridgehead atoms. The molecule has 21 heavy (non-hydrogen) atoms. The molecule has 1 aliphatic heterocycles. The van der Waals surface area contributed by atoms with Gasteiger partial charge in [-0.3, -0.25) is 10.1 Å². The third-order valence-electron chi connectivity index (χ3n) is 4.87. The molecule has 2 aliphatic rings. The van der Waals surface area contributed by atoms with E-state index in [0.717, 1.165) is 16.5 Å². The molecule has 1 fully saturated rings. The van der Waals surface area contributed by atoms with Gasteiger partial charge in [0.25, 0.3) is 0 Å². The number of halogens is 1. The van der Waals surface area contributed by atoms with Crippen LogP contribution in [0.25, 0.3) is 0 Å². The van der Waals surface area contributed by atoms with Gasteiger partial charge >= 0.3 is 5.97 Å². The number of rotatable bonds is 4. The van der Waals surface area contributed by atoms with Crippen LogP contribution in [0.5, 0.6) is 0 Å². The van der Waals surface area contributed by atoms with E-state index in [1.807, 2.05) is 55.5 Å². The van der Waals surface area contributed by atoms with Gasteiger partial charge in [0.1, 0.15) is 5.54 Å². The number of allylic oxidation sites excluding steroid dienone is 2. The van der Waals surface area contributed by atoms with Gasteiger partial charge in [0.2, 0.25) is 0 Å². The molecule has 0 radical (unpaired) electrons. The standard InChI is InChI=1S/C17H18BrNO2/c1-16-9-3-2-7-14(16)19-17(16,15(20)21)10-8-12-5-4-6-13(18)11-12/h2-7,9,11,14,19H,8,10H2,1H3,(H,20,21). The molecule has 110 valence electrons. The molecule has 3 atom stereocenters. The Kier molecular flexibility index (Phi) is 3.54. The van der Waals surface area contributed by atoms with Gasteiger partial charge in [-0.05, 0) is 30.5 Å². The van der Waals surface area contributed by atoms with E-state index in [-0.39, 0.29) is 11.5 Å². The van der Waals surface area contributed by atoms with Crippen molar-refractivity contribution in [3.63, 3.8) is 0 Å². The molecule has 3 rings (SSSR count). The normalized spacial score (nSPS) is 33.3. The Morgan fingerprint density at radius 3 is 2.90 bits per heavy atom. The number of hydrogen-bond acceptors (Lipinski definition) is 2. The van der Waals surface area contributed by atoms with Gasteiger partial charge in [-0.2, -0.15) is 0 Å². The Morgan fingerprint density at radius 2 is 2.24 bits per heavy atom. The summed E-state index contributed by atoms with van der Waals surface area (Å²) in [5.74, 6) is -0.767. The Bertz CT molecular complexity index is 639. The van der Waals surface area contributed by atoms with E-state index in [2.05, 4.69) is 21.2 Å². The largest absolute Gasteiger partial charge is 0.480 e. The zero-order valence-electron chi connectivity index (χ0n) is 11.8. The van der Waals surface area contributed by atoms with E-state index in [9.17, 15) is 9.90 Å². The maximum absolute atomic E-state index is 11.9. The molecule has 0 aromatic heterocycles. The van der Waals surface area contributed by atoms with Crippen LogP contribution in [0.15, 0.2) is 53.0 Å². The van der Waals surface area contributed by atoms with E-state index in [1.54, 1.807) is 0 Å². The minimum absolute atomic E-state index is 0.112. The smallest absolute Gasteiger partial charge is 0.324 e. The molecule has 0 saturated carbocycles. The number of fused-ring (bicyclic) bond motifs is 1. The number of benzene rings is 1. The van der Waals surface area contributed by atoms with Crippen molar-refractivity contribution in [2.45, 2.75) is 31.3 Å². The van der Waals surface area contributed by atoms with Crippen molar-refractivity contribution in [3.05, 3.63) is 58.6 Å². The fourth-order valence-corrected chi connectivity index (χ4v) is 3.89. The zero-order chi connectivity index (χ0) is 15.1. The van der Waals surface area contributed by atoms with E-state index in [0.29, 0.717) is 6.42 Å². The van der Waals surface area contributed by atoms with Crippen LogP contribution in [0.3, 0.4) is 0 Å². The summed E-state index contributed by atoms with van der Waals surface area (Å²) in [5.41, 5.74) is -0.102. The molecule has 4 heteroatoms. The Labute approximate surface area is 132 Å². The number of aryl methyl sites for hydroxylation is 1. The predicted octanol–water partition coefficient (Wildman–Crippen LogP) is 3.31. The molecule has 1 aromatic rings. The molecule has 1 heterocycles. The zero-order valence-corrected chi connectivity index (χ0v) is 13.4. The van der Waals surface area contributed by atoms with Gasteiger partial charge in [-0.15, -0.1) is 0 Å². The van der Waals surface area contributed by atoms with Gasteiger partial charge in [0.15, 0.2) is 0 Å². The third-order valence-corrected chi connectivity index (χ3v) is 5.36. The van der Waals surface area contributed by atoms with Gasteiger partial charge in [-0.1, -0.05) is 59.3 Å². The van der Waals surface area contributed by atoms with Crippen molar-refractivity contribution in [1.82, 2.24) is 5.32 Å². The maximum atomic E-state index is 11.9. The van der Waals surface area contributed by atoms with Crippen LogP contribution in [-0.4, -0.2) is 22.7 Å². The van der Waals surface area contributed by atoms with Crippen molar-refractivity contribution in [1.29, 1.82) is 0 Å². The fourth-order valence-electron chi connectivity index (χ4n) is 3.45. The Hall–Kier alpha value is -1.39. The molecular weight excluding hydrogens is 330 g/mol. The van der Waals surface area contributed by atoms with Crippen LogP contribution in [0.2, 0.25) is 0 Å². The second kappa shape index (κ2) is 5.11. The lowest BCUT2D eigenvalue weighted by molar-refractivity contribution is -0.160. The number of carbonyl (C=O) groups is 1. The SMILES string of the molecule is CC12C=CC=CC1NC2(CCc1cccc(Br)c1)C(=O)O. The highest BCUT2D eigenvalue weighted by Crippen LogP contribution is 2.50. The van der Waals surface area contributed by atoms with E-state index >= 15 is 0 Å². The topological polar surface area (TPSA) is 49.3 Å². The second-order valence-electron chi connectivity index (χ2n) is 5.99. The van der Waals surface area contributed by atoms with Crippen LogP contribution in [0, 0.1) is 5.41 Å². The van der Waals surface area contributed by atoms with Gasteiger partial charge in [0, 0.05) is 15.9 Å². The molecule has 1 aromatic carbocycles. The first kappa shape index (κ1) is 14.5. The average Bonchev–Trinajstić information content (AvgIpc) is 2.43. The average molecular weight is 348 g/mol. The lowest BCUT2D eigenvalue weighted by Gasteiger charge is -2.60. The van der Waals surface area contributed by atoms with Crippen LogP contribution in [0.4, 0.5) is 0 Å². The molecule has 3 unspecified atom stereocenters. The Balaban J connectivity index is 1.82. The number of hydrogen-bond donors (Lipinski definition) is 2. The summed E-state index contributed by atoms with van der Waals surface area (Å²) in [6.07, 6.45) is 9.31. The molecular formula is C17H18BrNO2. The summed E-state index contributed by atoms with van der Waals surface area (Å²) in [7, 11) is 0. The minimum Gasteiger partial charge on any atom is -0.480 e. The highest BCUT2D eigenvalue weighted by Gasteiger charge is 2.64. The first-order chi connectivity index (χ1) is 9.98. The van der Waals surface area contributed by atoms with Crippen LogP contribution >= 0.6 is 15.9 Å². The van der Waals surface area contributed by atoms with Crippen molar-refractivity contribution in [2.24, 2.45) is 5.41 Å². The van der Waals surface area contributed by atoms with Crippen LogP contribution < -0.4 is 5.32 Å². The van der Waals surface area contributed by atoms with Crippen molar-refractivity contribution >= 4 is 21.9 Å². The molecule has 0 amide bonds. The van der Waals surface area contributed by atoms with Crippen molar-refractivity contribution in [3.8, 4) is 0 Å². The first-order valence-corrected chi connectivity index (χ1v) is 7.89. The highest BCUT2D eigenvalue weighted by atomic mass is 79.9. The van der Waals surface area contributed by atoms with Gasteiger partial charge in [0.05, 0.1) is 0 Å². The maximum Gasteiger partial charge on any atom is 0.324 e. The number of aliphatic carboxylic acids is 1. The quantitative estimate of drug-likeness (QED) is 0.878. The summed E-state index contributed by atoms with van der Waals surface area (Å²) in [6, 6.07) is 8.15. The summed E-state index contributed by atoms with van der Waals surface area (Å²) < 4.78 is 1.02. The Morgan fingerprint density at radius 1 is 1.43 bits per heavy atom. The lowest BCUT2D eigenvalue weighted by atomic mass is 9.55. The van der Waals surface area contributed by atoms with E-state index < -0.39 is 11.5 Å². The number of carboxylic acid groups (broad SMARTS) is 1. The highest BCUT2D eigenvalue weighted by molar-refractivity contribution is 9.10. The van der Waals surface area contributed by atoms with Crippen LogP contribution in [0.1, 0.15) is 18.9 Å². The summed E-state index contributed by atoms with van der Waals surface area (Å²) in [5, 5.41) is 13.1. The molecule has 0 spiro atoms. The summed E-state index contributed by atoms with van der Waals surface area (Å²) in [6.45, 7) is 2.03. The molecule has 1 aliphatic carbocycles. The monoisotopic (exact) mass is 347 g/mol. The van der Waals surface area contributed by atoms with Gasteiger partial charge in [-0.25, -0.2) is 0 Å². The molecule has 2 N–H and O–H groups in total. The number of nitrogens with one attached hydrogen (secondary N) is 1. The van der Waals surface area contributed by atoms with E-state index in [4.69, 9.17) is 0 Å². The second-order valence-corrected chi connectivity index (χ2v) is 6.90. The minimum atomic E-state index is -0.888. The summed E-state index contributed by atoms with van der Waals surface area (Å²) in [4.78, 5) is 11.9.